The van der Waals surface area contributed by atoms with Gasteiger partial charge in [-0.2, -0.15) is 0 Å². The highest BCUT2D eigenvalue weighted by Crippen LogP contribution is 2.24. The van der Waals surface area contributed by atoms with E-state index in [0.29, 0.717) is 5.92 Å². The normalized spacial score (nSPS) is 13.6. The summed E-state index contributed by atoms with van der Waals surface area (Å²) in [5, 5.41) is 0. The molecular formula is C21H24O2S. The third-order valence-electron chi connectivity index (χ3n) is 4.03. The summed E-state index contributed by atoms with van der Waals surface area (Å²) in [6, 6.07) is 17.9. The zero-order valence-electron chi connectivity index (χ0n) is 14.2. The standard InChI is InChI=1S/C21H24O2S/c1-3-19(15-16(2)18-10-12-20(24)13-11-18)23-21(22)14-9-17-7-5-4-6-8-17/h4-14,16,19,24H,3,15H2,1-2H3. The fourth-order valence-electron chi connectivity index (χ4n) is 2.56. The quantitative estimate of drug-likeness (QED) is 0.409. The maximum atomic E-state index is 12.0. The molecule has 0 aliphatic rings. The Morgan fingerprint density at radius 2 is 1.79 bits per heavy atom. The second kappa shape index (κ2) is 9.33. The van der Waals surface area contributed by atoms with Crippen LogP contribution < -0.4 is 0 Å². The number of carbonyl (C=O) groups excluding carboxylic acids is 1. The van der Waals surface area contributed by atoms with Crippen LogP contribution in [0.3, 0.4) is 0 Å². The molecule has 2 unspecified atom stereocenters. The zero-order valence-corrected chi connectivity index (χ0v) is 15.1. The molecule has 0 N–H and O–H groups in total. The van der Waals surface area contributed by atoms with Crippen LogP contribution in [0.25, 0.3) is 6.08 Å². The number of thiol groups is 1. The molecule has 0 spiro atoms. The number of benzene rings is 2. The van der Waals surface area contributed by atoms with Gasteiger partial charge >= 0.3 is 5.97 Å². The summed E-state index contributed by atoms with van der Waals surface area (Å²) in [5.74, 6) is 0.0402. The van der Waals surface area contributed by atoms with E-state index in [2.05, 4.69) is 31.7 Å². The largest absolute Gasteiger partial charge is 0.459 e. The Labute approximate surface area is 150 Å². The van der Waals surface area contributed by atoms with E-state index in [1.54, 1.807) is 6.08 Å². The Morgan fingerprint density at radius 1 is 1.12 bits per heavy atom. The van der Waals surface area contributed by atoms with Crippen molar-refractivity contribution >= 4 is 24.7 Å². The van der Waals surface area contributed by atoms with Gasteiger partial charge in [0.2, 0.25) is 0 Å². The fraction of sp³-hybridized carbons (Fsp3) is 0.286. The van der Waals surface area contributed by atoms with Crippen LogP contribution in [0.4, 0.5) is 0 Å². The van der Waals surface area contributed by atoms with Crippen molar-refractivity contribution in [2.45, 2.75) is 43.6 Å². The molecule has 0 bridgehead atoms. The van der Waals surface area contributed by atoms with E-state index in [4.69, 9.17) is 4.74 Å². The molecule has 2 aromatic carbocycles. The Kier molecular flexibility index (Phi) is 7.13. The molecule has 0 aliphatic carbocycles. The van der Waals surface area contributed by atoms with Gasteiger partial charge in [0.15, 0.2) is 0 Å². The van der Waals surface area contributed by atoms with Crippen molar-refractivity contribution in [2.24, 2.45) is 0 Å². The summed E-state index contributed by atoms with van der Waals surface area (Å²) in [7, 11) is 0. The minimum Gasteiger partial charge on any atom is -0.459 e. The monoisotopic (exact) mass is 340 g/mol. The van der Waals surface area contributed by atoms with Crippen molar-refractivity contribution in [3.8, 4) is 0 Å². The van der Waals surface area contributed by atoms with Gasteiger partial charge in [0.25, 0.3) is 0 Å². The average molecular weight is 340 g/mol. The minimum absolute atomic E-state index is 0.0800. The first-order valence-corrected chi connectivity index (χ1v) is 8.76. The first-order chi connectivity index (χ1) is 11.6. The molecule has 0 amide bonds. The molecule has 0 fully saturated rings. The number of rotatable bonds is 7. The maximum absolute atomic E-state index is 12.0. The predicted molar refractivity (Wildman–Crippen MR) is 102 cm³/mol. The molecule has 0 heterocycles. The lowest BCUT2D eigenvalue weighted by atomic mass is 9.94. The van der Waals surface area contributed by atoms with Crippen LogP contribution in [0.1, 0.15) is 43.7 Å². The van der Waals surface area contributed by atoms with Gasteiger partial charge in [-0.15, -0.1) is 12.6 Å². The van der Waals surface area contributed by atoms with Crippen LogP contribution in [-0.2, 0) is 9.53 Å². The van der Waals surface area contributed by atoms with Crippen LogP contribution in [0.15, 0.2) is 65.6 Å². The van der Waals surface area contributed by atoms with Crippen LogP contribution >= 0.6 is 12.6 Å². The van der Waals surface area contributed by atoms with E-state index >= 15 is 0 Å². The second-order valence-corrected chi connectivity index (χ2v) is 6.46. The molecule has 2 nitrogen and oxygen atoms in total. The van der Waals surface area contributed by atoms with Crippen LogP contribution in [0.2, 0.25) is 0 Å². The number of ether oxygens (including phenoxy) is 1. The van der Waals surface area contributed by atoms with Crippen molar-refractivity contribution in [2.75, 3.05) is 0 Å². The third-order valence-corrected chi connectivity index (χ3v) is 4.33. The number of hydrogen-bond acceptors (Lipinski definition) is 3. The summed E-state index contributed by atoms with van der Waals surface area (Å²) in [6.07, 6.45) is 4.82. The SMILES string of the molecule is CCC(CC(C)c1ccc(S)cc1)OC(=O)C=Cc1ccccc1. The van der Waals surface area contributed by atoms with Crippen molar-refractivity contribution in [1.82, 2.24) is 0 Å². The molecule has 126 valence electrons. The molecule has 0 aliphatic heterocycles. The third kappa shape index (κ3) is 5.89. The second-order valence-electron chi connectivity index (χ2n) is 5.94. The number of esters is 1. The molecule has 0 radical (unpaired) electrons. The van der Waals surface area contributed by atoms with Crippen molar-refractivity contribution in [3.63, 3.8) is 0 Å². The van der Waals surface area contributed by atoms with Gasteiger partial charge in [0, 0.05) is 11.0 Å². The van der Waals surface area contributed by atoms with Gasteiger partial charge in [0.05, 0.1) is 0 Å². The molecular weight excluding hydrogens is 316 g/mol. The van der Waals surface area contributed by atoms with Crippen LogP contribution in [0, 0.1) is 0 Å². The molecule has 24 heavy (non-hydrogen) atoms. The lowest BCUT2D eigenvalue weighted by Crippen LogP contribution is -2.18. The summed E-state index contributed by atoms with van der Waals surface area (Å²) in [5.41, 5.74) is 2.23. The highest BCUT2D eigenvalue weighted by Gasteiger charge is 2.16. The molecule has 3 heteroatoms. The first-order valence-electron chi connectivity index (χ1n) is 8.31. The highest BCUT2D eigenvalue weighted by atomic mass is 32.1. The van der Waals surface area contributed by atoms with E-state index in [1.165, 1.54) is 11.6 Å². The summed E-state index contributed by atoms with van der Waals surface area (Å²) in [4.78, 5) is 13.0. The van der Waals surface area contributed by atoms with Crippen LogP contribution in [0.5, 0.6) is 0 Å². The van der Waals surface area contributed by atoms with Gasteiger partial charge < -0.3 is 4.74 Å². The summed E-state index contributed by atoms with van der Waals surface area (Å²) < 4.78 is 5.60. The molecule has 2 aromatic rings. The zero-order chi connectivity index (χ0) is 17.4. The van der Waals surface area contributed by atoms with Crippen molar-refractivity contribution < 1.29 is 9.53 Å². The lowest BCUT2D eigenvalue weighted by molar-refractivity contribution is -0.143. The average Bonchev–Trinajstić information content (AvgIpc) is 2.60. The van der Waals surface area contributed by atoms with Gasteiger partial charge in [-0.1, -0.05) is 56.3 Å². The molecule has 0 saturated carbocycles. The van der Waals surface area contributed by atoms with Crippen LogP contribution in [-0.4, -0.2) is 12.1 Å². The maximum Gasteiger partial charge on any atom is 0.331 e. The van der Waals surface area contributed by atoms with Gasteiger partial charge in [-0.05, 0) is 48.1 Å². The molecule has 2 rings (SSSR count). The molecule has 0 saturated heterocycles. The van der Waals surface area contributed by atoms with E-state index in [9.17, 15) is 4.79 Å². The van der Waals surface area contributed by atoms with Gasteiger partial charge in [-0.25, -0.2) is 4.79 Å². The van der Waals surface area contributed by atoms with E-state index < -0.39 is 0 Å². The summed E-state index contributed by atoms with van der Waals surface area (Å²) in [6.45, 7) is 4.20. The van der Waals surface area contributed by atoms with Crippen molar-refractivity contribution in [1.29, 1.82) is 0 Å². The molecule has 2 atom stereocenters. The van der Waals surface area contributed by atoms with E-state index in [-0.39, 0.29) is 12.1 Å². The van der Waals surface area contributed by atoms with Crippen molar-refractivity contribution in [3.05, 3.63) is 71.8 Å². The first kappa shape index (κ1) is 18.3. The van der Waals surface area contributed by atoms with Gasteiger partial charge in [0.1, 0.15) is 6.10 Å². The smallest absolute Gasteiger partial charge is 0.331 e. The Balaban J connectivity index is 1.90. The highest BCUT2D eigenvalue weighted by molar-refractivity contribution is 7.80. The van der Waals surface area contributed by atoms with E-state index in [0.717, 1.165) is 23.3 Å². The van der Waals surface area contributed by atoms with Gasteiger partial charge in [-0.3, -0.25) is 0 Å². The molecule has 0 aromatic heterocycles. The minimum atomic E-state index is -0.288. The number of carbonyl (C=O) groups is 1. The predicted octanol–water partition coefficient (Wildman–Crippen LogP) is 5.50. The Bertz CT molecular complexity index is 662. The fourth-order valence-corrected chi connectivity index (χ4v) is 2.71. The lowest BCUT2D eigenvalue weighted by Gasteiger charge is -2.20. The summed E-state index contributed by atoms with van der Waals surface area (Å²) >= 11 is 4.31. The topological polar surface area (TPSA) is 26.3 Å². The Morgan fingerprint density at radius 3 is 2.42 bits per heavy atom. The van der Waals surface area contributed by atoms with E-state index in [1.807, 2.05) is 49.4 Å². The Hall–Kier alpha value is -2.00. The number of hydrogen-bond donors (Lipinski definition) is 1.